The monoisotopic (exact) mass is 195 g/mol. The largest absolute Gasteiger partial charge is 0.264 e. The number of pyridine rings is 2. The molecule has 1 saturated carbocycles. The molecule has 0 saturated heterocycles. The molecule has 72 valence electrons. The van der Waals surface area contributed by atoms with Crippen molar-refractivity contribution in [2.75, 3.05) is 0 Å². The Morgan fingerprint density at radius 1 is 1.33 bits per heavy atom. The van der Waals surface area contributed by atoms with E-state index in [0.29, 0.717) is 0 Å². The van der Waals surface area contributed by atoms with Gasteiger partial charge in [0.1, 0.15) is 0 Å². The maximum Gasteiger partial charge on any atom is 0.0838 e. The average Bonchev–Trinajstić information content (AvgIpc) is 3.09. The van der Waals surface area contributed by atoms with Crippen molar-refractivity contribution in [1.29, 1.82) is 5.26 Å². The highest BCUT2D eigenvalue weighted by atomic mass is 14.7. The van der Waals surface area contributed by atoms with Gasteiger partial charge in [0.2, 0.25) is 0 Å². The zero-order chi connectivity index (χ0) is 10.3. The molecular formula is C12H9N3. The van der Waals surface area contributed by atoms with E-state index >= 15 is 0 Å². The topological polar surface area (TPSA) is 49.6 Å². The molecule has 0 radical (unpaired) electrons. The Morgan fingerprint density at radius 3 is 2.93 bits per heavy atom. The number of hydrogen-bond acceptors (Lipinski definition) is 3. The number of aromatic nitrogens is 2. The summed E-state index contributed by atoms with van der Waals surface area (Å²) >= 11 is 0. The number of fused-ring (bicyclic) bond motifs is 1. The number of nitrogens with zero attached hydrogens (tertiary/aromatic N) is 3. The third kappa shape index (κ3) is 1.18. The normalized spacial score (nSPS) is 17.3. The molecule has 0 amide bonds. The summed E-state index contributed by atoms with van der Waals surface area (Å²) in [4.78, 5) is 8.40. The van der Waals surface area contributed by atoms with Crippen molar-refractivity contribution in [3.63, 3.8) is 0 Å². The number of nitriles is 1. The molecule has 1 fully saturated rings. The van der Waals surface area contributed by atoms with E-state index in [4.69, 9.17) is 5.26 Å². The van der Waals surface area contributed by atoms with Crippen molar-refractivity contribution in [3.05, 3.63) is 36.3 Å². The fourth-order valence-electron chi connectivity index (χ4n) is 1.82. The van der Waals surface area contributed by atoms with Crippen LogP contribution in [-0.2, 0) is 5.41 Å². The van der Waals surface area contributed by atoms with Gasteiger partial charge in [-0.05, 0) is 30.5 Å². The molecule has 2 heterocycles. The molecule has 0 spiro atoms. The molecule has 0 aromatic carbocycles. The molecular weight excluding hydrogens is 186 g/mol. The van der Waals surface area contributed by atoms with Crippen LogP contribution < -0.4 is 0 Å². The first-order valence-corrected chi connectivity index (χ1v) is 4.96. The van der Waals surface area contributed by atoms with Crippen LogP contribution in [0.25, 0.3) is 10.9 Å². The summed E-state index contributed by atoms with van der Waals surface area (Å²) in [5, 5.41) is 10.1. The Hall–Kier alpha value is -1.95. The second kappa shape index (κ2) is 2.77. The van der Waals surface area contributed by atoms with Gasteiger partial charge in [-0.15, -0.1) is 0 Å². The first-order chi connectivity index (χ1) is 7.34. The molecule has 2 aromatic heterocycles. The Kier molecular flexibility index (Phi) is 1.54. The second-order valence-electron chi connectivity index (χ2n) is 3.99. The lowest BCUT2D eigenvalue weighted by Crippen LogP contribution is -2.02. The van der Waals surface area contributed by atoms with Gasteiger partial charge in [0.15, 0.2) is 0 Å². The van der Waals surface area contributed by atoms with E-state index in [9.17, 15) is 0 Å². The minimum atomic E-state index is -0.253. The van der Waals surface area contributed by atoms with Gasteiger partial charge in [-0.25, -0.2) is 0 Å². The van der Waals surface area contributed by atoms with Crippen LogP contribution in [0.4, 0.5) is 0 Å². The zero-order valence-corrected chi connectivity index (χ0v) is 8.14. The summed E-state index contributed by atoms with van der Waals surface area (Å²) in [5.41, 5.74) is 1.71. The van der Waals surface area contributed by atoms with Gasteiger partial charge in [0, 0.05) is 24.0 Å². The van der Waals surface area contributed by atoms with E-state index in [0.717, 1.165) is 29.3 Å². The summed E-state index contributed by atoms with van der Waals surface area (Å²) in [6, 6.07) is 6.29. The fourth-order valence-corrected chi connectivity index (χ4v) is 1.82. The Bertz CT molecular complexity index is 564. The van der Waals surface area contributed by atoms with Crippen LogP contribution in [0.3, 0.4) is 0 Å². The van der Waals surface area contributed by atoms with E-state index < -0.39 is 0 Å². The Labute approximate surface area is 87.4 Å². The van der Waals surface area contributed by atoms with Crippen LogP contribution in [-0.4, -0.2) is 9.97 Å². The van der Waals surface area contributed by atoms with E-state index in [1.807, 2.05) is 18.3 Å². The van der Waals surface area contributed by atoms with Gasteiger partial charge in [-0.2, -0.15) is 5.26 Å². The highest BCUT2D eigenvalue weighted by molar-refractivity contribution is 5.78. The van der Waals surface area contributed by atoms with Gasteiger partial charge >= 0.3 is 0 Å². The Morgan fingerprint density at radius 2 is 2.20 bits per heavy atom. The third-order valence-electron chi connectivity index (χ3n) is 3.00. The van der Waals surface area contributed by atoms with Crippen LogP contribution in [0.1, 0.15) is 18.4 Å². The zero-order valence-electron chi connectivity index (χ0n) is 8.14. The minimum Gasteiger partial charge on any atom is -0.264 e. The van der Waals surface area contributed by atoms with Crippen molar-refractivity contribution in [1.82, 2.24) is 9.97 Å². The minimum absolute atomic E-state index is 0.253. The highest BCUT2D eigenvalue weighted by Gasteiger charge is 2.45. The standard InChI is InChI=1S/C12H9N3/c13-8-12(2-3-12)10-5-9-6-14-4-1-11(9)15-7-10/h1,4-7H,2-3H2. The predicted octanol–water partition coefficient (Wildman–Crippen LogP) is 2.18. The molecule has 0 unspecified atom stereocenters. The Balaban J connectivity index is 2.19. The van der Waals surface area contributed by atoms with E-state index in [-0.39, 0.29) is 5.41 Å². The first kappa shape index (κ1) is 8.37. The van der Waals surface area contributed by atoms with Crippen molar-refractivity contribution in [3.8, 4) is 6.07 Å². The molecule has 1 aliphatic carbocycles. The second-order valence-corrected chi connectivity index (χ2v) is 3.99. The maximum atomic E-state index is 9.09. The van der Waals surface area contributed by atoms with E-state index in [1.165, 1.54) is 0 Å². The van der Waals surface area contributed by atoms with Gasteiger partial charge in [-0.3, -0.25) is 9.97 Å². The van der Waals surface area contributed by atoms with Gasteiger partial charge in [0.05, 0.1) is 17.0 Å². The molecule has 3 heteroatoms. The quantitative estimate of drug-likeness (QED) is 0.700. The van der Waals surface area contributed by atoms with E-state index in [1.54, 1.807) is 12.4 Å². The summed E-state index contributed by atoms with van der Waals surface area (Å²) in [6.45, 7) is 0. The molecule has 1 aliphatic rings. The van der Waals surface area contributed by atoms with Gasteiger partial charge < -0.3 is 0 Å². The van der Waals surface area contributed by atoms with Gasteiger partial charge in [-0.1, -0.05) is 0 Å². The number of hydrogen-bond donors (Lipinski definition) is 0. The van der Waals surface area contributed by atoms with Crippen LogP contribution in [0.5, 0.6) is 0 Å². The lowest BCUT2D eigenvalue weighted by molar-refractivity contribution is 0.902. The third-order valence-corrected chi connectivity index (χ3v) is 3.00. The van der Waals surface area contributed by atoms with Crippen molar-refractivity contribution in [2.45, 2.75) is 18.3 Å². The van der Waals surface area contributed by atoms with E-state index in [2.05, 4.69) is 16.0 Å². The molecule has 0 N–H and O–H groups in total. The molecule has 3 nitrogen and oxygen atoms in total. The highest BCUT2D eigenvalue weighted by Crippen LogP contribution is 2.47. The smallest absolute Gasteiger partial charge is 0.0838 e. The lowest BCUT2D eigenvalue weighted by atomic mass is 9.99. The maximum absolute atomic E-state index is 9.09. The molecule has 2 aromatic rings. The molecule has 15 heavy (non-hydrogen) atoms. The fraction of sp³-hybridized carbons (Fsp3) is 0.250. The van der Waals surface area contributed by atoms with Crippen molar-refractivity contribution < 1.29 is 0 Å². The number of rotatable bonds is 1. The molecule has 0 bridgehead atoms. The summed E-state index contributed by atoms with van der Waals surface area (Å²) in [6.07, 6.45) is 7.25. The van der Waals surface area contributed by atoms with Crippen LogP contribution in [0.15, 0.2) is 30.7 Å². The van der Waals surface area contributed by atoms with Crippen LogP contribution in [0.2, 0.25) is 0 Å². The lowest BCUT2D eigenvalue weighted by Gasteiger charge is -2.06. The molecule has 3 rings (SSSR count). The predicted molar refractivity (Wildman–Crippen MR) is 56.1 cm³/mol. The van der Waals surface area contributed by atoms with Gasteiger partial charge in [0.25, 0.3) is 0 Å². The molecule has 0 atom stereocenters. The molecule has 0 aliphatic heterocycles. The van der Waals surface area contributed by atoms with Crippen LogP contribution >= 0.6 is 0 Å². The van der Waals surface area contributed by atoms with Crippen molar-refractivity contribution >= 4 is 10.9 Å². The summed E-state index contributed by atoms with van der Waals surface area (Å²) in [7, 11) is 0. The SMILES string of the molecule is N#CC1(c2cnc3ccncc3c2)CC1. The average molecular weight is 195 g/mol. The summed E-state index contributed by atoms with van der Waals surface area (Å²) in [5.74, 6) is 0. The summed E-state index contributed by atoms with van der Waals surface area (Å²) < 4.78 is 0. The van der Waals surface area contributed by atoms with Crippen molar-refractivity contribution in [2.24, 2.45) is 0 Å². The first-order valence-electron chi connectivity index (χ1n) is 4.96. The van der Waals surface area contributed by atoms with Crippen LogP contribution in [0, 0.1) is 11.3 Å².